The summed E-state index contributed by atoms with van der Waals surface area (Å²) in [5.74, 6) is -0.119. The highest BCUT2D eigenvalue weighted by Gasteiger charge is 2.13. The molecule has 3 aromatic rings. The third-order valence-electron chi connectivity index (χ3n) is 4.38. The molecule has 1 N–H and O–H groups in total. The van der Waals surface area contributed by atoms with Crippen LogP contribution < -0.4 is 10.9 Å². The summed E-state index contributed by atoms with van der Waals surface area (Å²) in [4.78, 5) is 24.4. The molecule has 3 rings (SSSR count). The van der Waals surface area contributed by atoms with Gasteiger partial charge in [0, 0.05) is 23.1 Å². The van der Waals surface area contributed by atoms with Crippen LogP contribution in [0.4, 0.5) is 5.69 Å². The van der Waals surface area contributed by atoms with Crippen LogP contribution in [0, 0.1) is 20.8 Å². The van der Waals surface area contributed by atoms with Gasteiger partial charge in [-0.05, 0) is 56.5 Å². The van der Waals surface area contributed by atoms with Crippen LogP contribution in [0.1, 0.15) is 28.7 Å². The maximum Gasteiger partial charge on any atom is 0.339 e. The normalized spacial score (nSPS) is 10.8. The zero-order valence-electron chi connectivity index (χ0n) is 14.7. The van der Waals surface area contributed by atoms with Gasteiger partial charge >= 0.3 is 5.63 Å². The van der Waals surface area contributed by atoms with E-state index in [2.05, 4.69) is 5.32 Å². The first kappa shape index (κ1) is 17.0. The van der Waals surface area contributed by atoms with Crippen LogP contribution in [-0.4, -0.2) is 5.91 Å². The van der Waals surface area contributed by atoms with Gasteiger partial charge in [-0.3, -0.25) is 4.79 Å². The number of amides is 1. The Morgan fingerprint density at radius 3 is 2.40 bits per heavy atom. The Morgan fingerprint density at radius 1 is 1.00 bits per heavy atom. The molecule has 25 heavy (non-hydrogen) atoms. The SMILES string of the molecule is Cc1ccc(NC(=O)CCc2c(C)c3ccc(C)cc3oc2=O)cc1. The lowest BCUT2D eigenvalue weighted by Crippen LogP contribution is -2.16. The fourth-order valence-electron chi connectivity index (χ4n) is 2.89. The molecule has 0 unspecified atom stereocenters. The summed E-state index contributed by atoms with van der Waals surface area (Å²) in [6.45, 7) is 5.86. The van der Waals surface area contributed by atoms with Gasteiger partial charge in [0.2, 0.25) is 5.91 Å². The van der Waals surface area contributed by atoms with E-state index in [9.17, 15) is 9.59 Å². The van der Waals surface area contributed by atoms with E-state index in [4.69, 9.17) is 4.42 Å². The summed E-state index contributed by atoms with van der Waals surface area (Å²) in [5, 5.41) is 3.77. The summed E-state index contributed by atoms with van der Waals surface area (Å²) in [5.41, 5.74) is 4.62. The number of hydrogen-bond acceptors (Lipinski definition) is 3. The summed E-state index contributed by atoms with van der Waals surface area (Å²) in [6, 6.07) is 13.4. The number of nitrogens with one attached hydrogen (secondary N) is 1. The number of carbonyl (C=O) groups excluding carboxylic acids is 1. The minimum atomic E-state index is -0.362. The third-order valence-corrected chi connectivity index (χ3v) is 4.38. The average molecular weight is 335 g/mol. The van der Waals surface area contributed by atoms with E-state index in [0.29, 0.717) is 17.6 Å². The maximum atomic E-state index is 12.3. The quantitative estimate of drug-likeness (QED) is 0.724. The fraction of sp³-hybridized carbons (Fsp3) is 0.238. The number of anilines is 1. The van der Waals surface area contributed by atoms with Gasteiger partial charge < -0.3 is 9.73 Å². The molecule has 1 aromatic heterocycles. The summed E-state index contributed by atoms with van der Waals surface area (Å²) in [6.07, 6.45) is 0.590. The molecule has 0 radical (unpaired) electrons. The molecular formula is C21H21NO3. The van der Waals surface area contributed by atoms with E-state index in [1.165, 1.54) is 0 Å². The zero-order valence-corrected chi connectivity index (χ0v) is 14.7. The highest BCUT2D eigenvalue weighted by Crippen LogP contribution is 2.21. The molecule has 128 valence electrons. The Balaban J connectivity index is 1.76. The zero-order chi connectivity index (χ0) is 18.0. The van der Waals surface area contributed by atoms with E-state index in [1.54, 1.807) is 0 Å². The molecule has 4 heteroatoms. The lowest BCUT2D eigenvalue weighted by molar-refractivity contribution is -0.116. The first-order valence-corrected chi connectivity index (χ1v) is 8.33. The van der Waals surface area contributed by atoms with Crippen LogP contribution in [0.3, 0.4) is 0 Å². The highest BCUT2D eigenvalue weighted by atomic mass is 16.4. The van der Waals surface area contributed by atoms with E-state index < -0.39 is 0 Å². The number of fused-ring (bicyclic) bond motifs is 1. The molecule has 0 atom stereocenters. The fourth-order valence-corrected chi connectivity index (χ4v) is 2.89. The van der Waals surface area contributed by atoms with Crippen molar-refractivity contribution < 1.29 is 9.21 Å². The number of hydrogen-bond donors (Lipinski definition) is 1. The Bertz CT molecular complexity index is 984. The average Bonchev–Trinajstić information content (AvgIpc) is 2.56. The Hall–Kier alpha value is -2.88. The van der Waals surface area contributed by atoms with Gasteiger partial charge in [0.15, 0.2) is 0 Å². The lowest BCUT2D eigenvalue weighted by atomic mass is 10.0. The van der Waals surface area contributed by atoms with E-state index in [0.717, 1.165) is 27.8 Å². The van der Waals surface area contributed by atoms with Crippen LogP contribution in [0.15, 0.2) is 51.7 Å². The summed E-state index contributed by atoms with van der Waals surface area (Å²) in [7, 11) is 0. The Labute approximate surface area is 146 Å². The lowest BCUT2D eigenvalue weighted by Gasteiger charge is -2.09. The monoisotopic (exact) mass is 335 g/mol. The minimum Gasteiger partial charge on any atom is -0.423 e. The predicted molar refractivity (Wildman–Crippen MR) is 100 cm³/mol. The molecule has 2 aromatic carbocycles. The van der Waals surface area contributed by atoms with Gasteiger partial charge in [0.25, 0.3) is 0 Å². The Kier molecular flexibility index (Phi) is 4.70. The van der Waals surface area contributed by atoms with Crippen LogP contribution in [-0.2, 0) is 11.2 Å². The first-order valence-electron chi connectivity index (χ1n) is 8.33. The topological polar surface area (TPSA) is 59.3 Å². The van der Waals surface area contributed by atoms with Gasteiger partial charge in [0.05, 0.1) is 0 Å². The van der Waals surface area contributed by atoms with Crippen molar-refractivity contribution in [1.82, 2.24) is 0 Å². The van der Waals surface area contributed by atoms with Crippen molar-refractivity contribution in [3.05, 3.63) is 75.1 Å². The van der Waals surface area contributed by atoms with Crippen molar-refractivity contribution in [3.8, 4) is 0 Å². The molecule has 4 nitrogen and oxygen atoms in total. The van der Waals surface area contributed by atoms with Crippen LogP contribution >= 0.6 is 0 Å². The number of aryl methyl sites for hydroxylation is 3. The van der Waals surface area contributed by atoms with E-state index >= 15 is 0 Å². The number of carbonyl (C=O) groups is 1. The van der Waals surface area contributed by atoms with Crippen LogP contribution in [0.5, 0.6) is 0 Å². The van der Waals surface area contributed by atoms with Gasteiger partial charge in [-0.1, -0.05) is 29.8 Å². The standard InChI is InChI=1S/C21H21NO3/c1-13-4-7-16(8-5-13)22-20(23)11-10-18-15(3)17-9-6-14(2)12-19(17)25-21(18)24/h4-9,12H,10-11H2,1-3H3,(H,22,23). The van der Waals surface area contributed by atoms with Crippen molar-refractivity contribution in [3.63, 3.8) is 0 Å². The molecule has 0 saturated carbocycles. The van der Waals surface area contributed by atoms with Crippen molar-refractivity contribution >= 4 is 22.6 Å². The second-order valence-corrected chi connectivity index (χ2v) is 6.41. The predicted octanol–water partition coefficient (Wildman–Crippen LogP) is 4.29. The molecule has 1 amide bonds. The molecule has 1 heterocycles. The summed E-state index contributed by atoms with van der Waals surface area (Å²) >= 11 is 0. The van der Waals surface area contributed by atoms with Crippen molar-refractivity contribution in [2.24, 2.45) is 0 Å². The van der Waals surface area contributed by atoms with Crippen molar-refractivity contribution in [1.29, 1.82) is 0 Å². The van der Waals surface area contributed by atoms with Crippen molar-refractivity contribution in [2.45, 2.75) is 33.6 Å². The largest absolute Gasteiger partial charge is 0.423 e. The number of rotatable bonds is 4. The van der Waals surface area contributed by atoms with E-state index in [-0.39, 0.29) is 18.0 Å². The Morgan fingerprint density at radius 2 is 1.68 bits per heavy atom. The molecule has 0 spiro atoms. The van der Waals surface area contributed by atoms with Gasteiger partial charge in [-0.2, -0.15) is 0 Å². The van der Waals surface area contributed by atoms with Gasteiger partial charge in [-0.15, -0.1) is 0 Å². The minimum absolute atomic E-state index is 0.119. The van der Waals surface area contributed by atoms with Crippen LogP contribution in [0.2, 0.25) is 0 Å². The molecule has 0 aliphatic carbocycles. The van der Waals surface area contributed by atoms with Crippen LogP contribution in [0.25, 0.3) is 11.0 Å². The molecule has 0 bridgehead atoms. The summed E-state index contributed by atoms with van der Waals surface area (Å²) < 4.78 is 5.43. The molecule has 0 aliphatic rings. The first-order chi connectivity index (χ1) is 11.9. The maximum absolute atomic E-state index is 12.3. The molecule has 0 saturated heterocycles. The molecule has 0 aliphatic heterocycles. The van der Waals surface area contributed by atoms with Gasteiger partial charge in [0.1, 0.15) is 5.58 Å². The smallest absolute Gasteiger partial charge is 0.339 e. The van der Waals surface area contributed by atoms with Crippen molar-refractivity contribution in [2.75, 3.05) is 5.32 Å². The number of benzene rings is 2. The van der Waals surface area contributed by atoms with Gasteiger partial charge in [-0.25, -0.2) is 4.79 Å². The highest BCUT2D eigenvalue weighted by molar-refractivity contribution is 5.91. The third kappa shape index (κ3) is 3.79. The van der Waals surface area contributed by atoms with E-state index in [1.807, 2.05) is 63.2 Å². The second kappa shape index (κ2) is 6.93. The molecule has 0 fully saturated rings. The second-order valence-electron chi connectivity index (χ2n) is 6.41. The molecular weight excluding hydrogens is 314 g/mol.